The predicted octanol–water partition coefficient (Wildman–Crippen LogP) is 2.70. The first-order valence-corrected chi connectivity index (χ1v) is 16.2. The molecule has 1 aliphatic heterocycles. The van der Waals surface area contributed by atoms with Crippen LogP contribution >= 0.6 is 0 Å². The Balaban J connectivity index is 0.953. The number of hydrogen-bond donors (Lipinski definition) is 4. The molecule has 2 aliphatic rings. The zero-order valence-electron chi connectivity index (χ0n) is 26.6. The van der Waals surface area contributed by atoms with Crippen LogP contribution in [0.1, 0.15) is 64.6 Å². The first kappa shape index (κ1) is 31.7. The third-order valence-electron chi connectivity index (χ3n) is 8.91. The van der Waals surface area contributed by atoms with Gasteiger partial charge in [0.05, 0.1) is 34.5 Å². The van der Waals surface area contributed by atoms with Crippen molar-refractivity contribution in [3.63, 3.8) is 0 Å². The van der Waals surface area contributed by atoms with E-state index in [2.05, 4.69) is 31.3 Å². The molecule has 15 heteroatoms. The molecule has 2 fully saturated rings. The molecule has 252 valence electrons. The summed E-state index contributed by atoms with van der Waals surface area (Å²) in [7, 11) is 1.67. The second-order valence-corrected chi connectivity index (χ2v) is 12.3. The number of aryl methyl sites for hydroxylation is 2. The lowest BCUT2D eigenvalue weighted by Crippen LogP contribution is -2.44. The summed E-state index contributed by atoms with van der Waals surface area (Å²) in [6.07, 6.45) is 3.33. The second-order valence-electron chi connectivity index (χ2n) is 12.3. The lowest BCUT2D eigenvalue weighted by Gasteiger charge is -2.21. The van der Waals surface area contributed by atoms with Crippen LogP contribution < -0.4 is 27.0 Å². The molecule has 1 saturated heterocycles. The van der Waals surface area contributed by atoms with Gasteiger partial charge >= 0.3 is 5.69 Å². The Morgan fingerprint density at radius 3 is 2.63 bits per heavy atom. The number of unbranched alkanes of at least 4 members (excludes halogenated alkanes) is 1. The number of benzene rings is 2. The standard InChI is InChI=1S/C34H34FN9O5/c1-42-26-16-19(9-10-24(26)43(34(42)49)25-11-14-30(45)40-32(25)47)6-4-5-15-36-31(46)20-7-2-3-8-22(20)38-28-12-13-29-37-18-27(44(29)41-28)33(48)39-23-17-21(23)35/h2-3,7-10,12-13,16,18,21,23,25H,4-6,11,14-15,17H2,1H3,(H,36,46)(H,38,41)(H,39,48)(H,40,45,47)/t21-,23+,25?/m0/s1. The number of fused-ring (bicyclic) bond motifs is 2. The number of alkyl halides is 1. The van der Waals surface area contributed by atoms with E-state index in [1.807, 2.05) is 18.2 Å². The minimum absolute atomic E-state index is 0.179. The number of aromatic nitrogens is 5. The molecular weight excluding hydrogens is 633 g/mol. The van der Waals surface area contributed by atoms with E-state index in [1.54, 1.807) is 43.4 Å². The molecule has 0 spiro atoms. The highest BCUT2D eigenvalue weighted by molar-refractivity contribution is 6.01. The number of carbonyl (C=O) groups excluding carboxylic acids is 4. The minimum Gasteiger partial charge on any atom is -0.352 e. The Labute approximate surface area is 278 Å². The molecule has 49 heavy (non-hydrogen) atoms. The monoisotopic (exact) mass is 667 g/mol. The molecule has 14 nitrogen and oxygen atoms in total. The Bertz CT molecular complexity index is 2190. The number of nitrogens with one attached hydrogen (secondary N) is 4. The summed E-state index contributed by atoms with van der Waals surface area (Å²) in [6, 6.07) is 14.9. The number of piperidine rings is 1. The molecule has 1 unspecified atom stereocenters. The average Bonchev–Trinajstić information content (AvgIpc) is 3.51. The SMILES string of the molecule is Cn1c(=O)n(C2CCC(=O)NC2=O)c2ccc(CCCCNC(=O)c3ccccc3Nc3ccc4ncc(C(=O)N[C@@H]5C[C@@H]5F)n4n3)cc21. The number of imide groups is 1. The van der Waals surface area contributed by atoms with Crippen LogP contribution in [0.25, 0.3) is 16.7 Å². The summed E-state index contributed by atoms with van der Waals surface area (Å²) >= 11 is 0. The average molecular weight is 668 g/mol. The van der Waals surface area contributed by atoms with E-state index >= 15 is 0 Å². The maximum Gasteiger partial charge on any atom is 0.329 e. The van der Waals surface area contributed by atoms with Crippen LogP contribution in [0, 0.1) is 0 Å². The zero-order chi connectivity index (χ0) is 34.2. The van der Waals surface area contributed by atoms with Crippen LogP contribution in [0.3, 0.4) is 0 Å². The van der Waals surface area contributed by atoms with E-state index in [0.29, 0.717) is 53.1 Å². The number of nitrogens with zero attached hydrogens (tertiary/aromatic N) is 5. The lowest BCUT2D eigenvalue weighted by atomic mass is 10.0. The van der Waals surface area contributed by atoms with Crippen molar-refractivity contribution in [1.29, 1.82) is 0 Å². The lowest BCUT2D eigenvalue weighted by molar-refractivity contribution is -0.135. The van der Waals surface area contributed by atoms with Crippen molar-refractivity contribution >= 4 is 51.8 Å². The fourth-order valence-electron chi connectivity index (χ4n) is 6.12. The van der Waals surface area contributed by atoms with Crippen molar-refractivity contribution in [2.75, 3.05) is 11.9 Å². The number of para-hydroxylation sites is 1. The summed E-state index contributed by atoms with van der Waals surface area (Å²) < 4.78 is 17.7. The number of amides is 4. The van der Waals surface area contributed by atoms with Gasteiger partial charge in [-0.05, 0) is 67.6 Å². The minimum atomic E-state index is -1.03. The number of carbonyl (C=O) groups is 4. The van der Waals surface area contributed by atoms with E-state index in [4.69, 9.17) is 0 Å². The van der Waals surface area contributed by atoms with Crippen LogP contribution in [-0.4, -0.2) is 66.1 Å². The van der Waals surface area contributed by atoms with Gasteiger partial charge in [0.1, 0.15) is 12.2 Å². The van der Waals surface area contributed by atoms with Gasteiger partial charge in [-0.15, -0.1) is 5.10 Å². The Morgan fingerprint density at radius 1 is 1.02 bits per heavy atom. The van der Waals surface area contributed by atoms with Gasteiger partial charge in [-0.25, -0.2) is 18.7 Å². The van der Waals surface area contributed by atoms with Gasteiger partial charge in [-0.1, -0.05) is 18.2 Å². The highest BCUT2D eigenvalue weighted by atomic mass is 19.1. The molecule has 0 bridgehead atoms. The highest BCUT2D eigenvalue weighted by Gasteiger charge is 2.39. The van der Waals surface area contributed by atoms with Crippen LogP contribution in [-0.2, 0) is 23.1 Å². The molecule has 2 aromatic carbocycles. The quantitative estimate of drug-likeness (QED) is 0.123. The van der Waals surface area contributed by atoms with Crippen molar-refractivity contribution in [2.24, 2.45) is 7.05 Å². The Morgan fingerprint density at radius 2 is 1.84 bits per heavy atom. The maximum absolute atomic E-state index is 13.3. The van der Waals surface area contributed by atoms with Crippen molar-refractivity contribution in [3.8, 4) is 0 Å². The van der Waals surface area contributed by atoms with Gasteiger partial charge in [0.15, 0.2) is 17.2 Å². The summed E-state index contributed by atoms with van der Waals surface area (Å²) in [6.45, 7) is 0.443. The molecule has 7 rings (SSSR count). The summed E-state index contributed by atoms with van der Waals surface area (Å²) in [5.74, 6) is -1.14. The highest BCUT2D eigenvalue weighted by Crippen LogP contribution is 2.26. The number of imidazole rings is 2. The van der Waals surface area contributed by atoms with E-state index in [1.165, 1.54) is 19.8 Å². The number of hydrogen-bond acceptors (Lipinski definition) is 8. The van der Waals surface area contributed by atoms with Crippen molar-refractivity contribution < 1.29 is 23.6 Å². The number of halogens is 1. The Hall–Kier alpha value is -5.86. The van der Waals surface area contributed by atoms with Crippen LogP contribution in [0.15, 0.2) is 65.6 Å². The van der Waals surface area contributed by atoms with E-state index in [-0.39, 0.29) is 36.0 Å². The van der Waals surface area contributed by atoms with Gasteiger partial charge in [0.25, 0.3) is 11.8 Å². The maximum atomic E-state index is 13.3. The van der Waals surface area contributed by atoms with Crippen LogP contribution in [0.4, 0.5) is 15.9 Å². The van der Waals surface area contributed by atoms with Gasteiger partial charge in [0, 0.05) is 26.4 Å². The molecule has 5 aromatic rings. The summed E-state index contributed by atoms with van der Waals surface area (Å²) in [5, 5.41) is 15.6. The van der Waals surface area contributed by atoms with Gasteiger partial charge in [-0.3, -0.25) is 33.6 Å². The van der Waals surface area contributed by atoms with E-state index in [9.17, 15) is 28.4 Å². The third kappa shape index (κ3) is 6.38. The smallest absolute Gasteiger partial charge is 0.329 e. The first-order chi connectivity index (χ1) is 23.7. The molecule has 0 radical (unpaired) electrons. The molecule has 4 heterocycles. The van der Waals surface area contributed by atoms with Crippen molar-refractivity contribution in [2.45, 2.75) is 56.8 Å². The number of rotatable bonds is 11. The van der Waals surface area contributed by atoms with Gasteiger partial charge in [0.2, 0.25) is 11.8 Å². The largest absolute Gasteiger partial charge is 0.352 e. The molecule has 1 aliphatic carbocycles. The molecule has 1 saturated carbocycles. The second kappa shape index (κ2) is 13.0. The molecule has 4 amide bonds. The van der Waals surface area contributed by atoms with E-state index < -0.39 is 30.1 Å². The van der Waals surface area contributed by atoms with Crippen LogP contribution in [0.5, 0.6) is 0 Å². The molecular formula is C34H34FN9O5. The topological polar surface area (TPSA) is 174 Å². The molecule has 4 N–H and O–H groups in total. The fraction of sp³-hybridized carbons (Fsp3) is 0.324. The third-order valence-corrected chi connectivity index (χ3v) is 8.91. The van der Waals surface area contributed by atoms with Crippen LogP contribution in [0.2, 0.25) is 0 Å². The summed E-state index contributed by atoms with van der Waals surface area (Å²) in [5.41, 5.74) is 3.63. The predicted molar refractivity (Wildman–Crippen MR) is 177 cm³/mol. The van der Waals surface area contributed by atoms with Gasteiger partial charge in [-0.2, -0.15) is 0 Å². The zero-order valence-corrected chi connectivity index (χ0v) is 26.6. The van der Waals surface area contributed by atoms with E-state index in [0.717, 1.165) is 18.4 Å². The molecule has 3 aromatic heterocycles. The summed E-state index contributed by atoms with van der Waals surface area (Å²) in [4.78, 5) is 67.1. The van der Waals surface area contributed by atoms with Gasteiger partial charge < -0.3 is 16.0 Å². The first-order valence-electron chi connectivity index (χ1n) is 16.2. The van der Waals surface area contributed by atoms with Crippen molar-refractivity contribution in [1.82, 2.24) is 39.7 Å². The normalized spacial score (nSPS) is 18.8. The molecule has 3 atom stereocenters. The fourth-order valence-corrected chi connectivity index (χ4v) is 6.12. The van der Waals surface area contributed by atoms with Crippen molar-refractivity contribution in [3.05, 3.63) is 88.1 Å². The Kier molecular flexibility index (Phi) is 8.40. The number of anilines is 2.